The van der Waals surface area contributed by atoms with Gasteiger partial charge in [-0.1, -0.05) is 13.8 Å². The summed E-state index contributed by atoms with van der Waals surface area (Å²) < 4.78 is 11.1. The fourth-order valence-electron chi connectivity index (χ4n) is 3.40. The third-order valence-electron chi connectivity index (χ3n) is 4.18. The molecule has 3 heteroatoms. The first-order chi connectivity index (χ1) is 9.76. The maximum atomic E-state index is 5.61. The fraction of sp³-hybridized carbons (Fsp3) is 0.647. The van der Waals surface area contributed by atoms with Crippen molar-refractivity contribution < 1.29 is 9.47 Å². The minimum atomic E-state index is 0.481. The van der Waals surface area contributed by atoms with Crippen LogP contribution in [0.2, 0.25) is 0 Å². The second-order valence-electron chi connectivity index (χ2n) is 5.45. The second kappa shape index (κ2) is 6.98. The molecule has 0 aliphatic heterocycles. The highest BCUT2D eigenvalue weighted by atomic mass is 16.5. The number of hydrogen-bond acceptors (Lipinski definition) is 3. The third kappa shape index (κ3) is 2.78. The molecule has 0 saturated carbocycles. The van der Waals surface area contributed by atoms with Crippen molar-refractivity contribution in [2.24, 2.45) is 0 Å². The van der Waals surface area contributed by atoms with E-state index in [1.54, 1.807) is 14.2 Å². The quantitative estimate of drug-likeness (QED) is 0.756. The highest BCUT2D eigenvalue weighted by Gasteiger charge is 2.32. The van der Waals surface area contributed by atoms with Gasteiger partial charge in [0.25, 0.3) is 0 Å². The van der Waals surface area contributed by atoms with E-state index >= 15 is 0 Å². The zero-order chi connectivity index (χ0) is 14.5. The zero-order valence-electron chi connectivity index (χ0n) is 13.2. The first kappa shape index (κ1) is 15.2. The molecule has 0 amide bonds. The van der Waals surface area contributed by atoms with Crippen molar-refractivity contribution in [1.82, 2.24) is 4.90 Å². The lowest BCUT2D eigenvalue weighted by molar-refractivity contribution is 0.194. The van der Waals surface area contributed by atoms with E-state index in [0.29, 0.717) is 6.04 Å². The highest BCUT2D eigenvalue weighted by molar-refractivity contribution is 5.53. The Kier molecular flexibility index (Phi) is 5.30. The number of nitrogens with zero attached hydrogens (tertiary/aromatic N) is 1. The standard InChI is InChI=1S/C17H27NO2/c1-5-11-18(12-6-2)14-8-7-13-15(19-3)9-10-16(20-4)17(13)14/h9-10,14H,5-8,11-12H2,1-4H3. The van der Waals surface area contributed by atoms with Gasteiger partial charge in [0.15, 0.2) is 0 Å². The number of rotatable bonds is 7. The van der Waals surface area contributed by atoms with Gasteiger partial charge in [-0.2, -0.15) is 0 Å². The average molecular weight is 277 g/mol. The summed E-state index contributed by atoms with van der Waals surface area (Å²) in [6.45, 7) is 6.80. The van der Waals surface area contributed by atoms with Crippen LogP contribution in [0.1, 0.15) is 50.3 Å². The van der Waals surface area contributed by atoms with Gasteiger partial charge in [-0.3, -0.25) is 4.90 Å². The SMILES string of the molecule is CCCN(CCC)C1CCc2c(OC)ccc(OC)c21. The van der Waals surface area contributed by atoms with Crippen LogP contribution in [0.15, 0.2) is 12.1 Å². The van der Waals surface area contributed by atoms with Crippen molar-refractivity contribution >= 4 is 0 Å². The predicted octanol–water partition coefficient (Wildman–Crippen LogP) is 3.81. The van der Waals surface area contributed by atoms with E-state index in [2.05, 4.69) is 18.7 Å². The first-order valence-corrected chi connectivity index (χ1v) is 7.74. The lowest BCUT2D eigenvalue weighted by atomic mass is 10.0. The molecule has 0 N–H and O–H groups in total. The van der Waals surface area contributed by atoms with Crippen LogP contribution >= 0.6 is 0 Å². The van der Waals surface area contributed by atoms with E-state index in [1.807, 2.05) is 12.1 Å². The van der Waals surface area contributed by atoms with Crippen LogP contribution in [0.4, 0.5) is 0 Å². The second-order valence-corrected chi connectivity index (χ2v) is 5.45. The van der Waals surface area contributed by atoms with Crippen LogP contribution in [0.3, 0.4) is 0 Å². The molecular formula is C17H27NO2. The van der Waals surface area contributed by atoms with Gasteiger partial charge in [-0.25, -0.2) is 0 Å². The Morgan fingerprint density at radius 1 is 1.05 bits per heavy atom. The Labute approximate surface area is 122 Å². The molecule has 1 aliphatic rings. The third-order valence-corrected chi connectivity index (χ3v) is 4.18. The summed E-state index contributed by atoms with van der Waals surface area (Å²) in [5.41, 5.74) is 2.70. The van der Waals surface area contributed by atoms with Crippen LogP contribution in [-0.4, -0.2) is 32.2 Å². The van der Waals surface area contributed by atoms with Crippen molar-refractivity contribution in [1.29, 1.82) is 0 Å². The maximum Gasteiger partial charge on any atom is 0.124 e. The molecule has 0 bridgehead atoms. The van der Waals surface area contributed by atoms with Gasteiger partial charge in [0, 0.05) is 17.2 Å². The molecule has 0 fully saturated rings. The van der Waals surface area contributed by atoms with E-state index in [-0.39, 0.29) is 0 Å². The topological polar surface area (TPSA) is 21.7 Å². The van der Waals surface area contributed by atoms with E-state index in [9.17, 15) is 0 Å². The summed E-state index contributed by atoms with van der Waals surface area (Å²) in [5.74, 6) is 2.02. The van der Waals surface area contributed by atoms with E-state index in [0.717, 1.165) is 31.0 Å². The van der Waals surface area contributed by atoms with Crippen molar-refractivity contribution in [2.75, 3.05) is 27.3 Å². The smallest absolute Gasteiger partial charge is 0.124 e. The minimum Gasteiger partial charge on any atom is -0.496 e. The lowest BCUT2D eigenvalue weighted by Gasteiger charge is -2.29. The Balaban J connectivity index is 2.38. The molecule has 0 heterocycles. The van der Waals surface area contributed by atoms with E-state index in [1.165, 1.54) is 30.4 Å². The van der Waals surface area contributed by atoms with Gasteiger partial charge in [-0.15, -0.1) is 0 Å². The normalized spacial score (nSPS) is 17.4. The Bertz CT molecular complexity index is 439. The zero-order valence-corrected chi connectivity index (χ0v) is 13.2. The number of methoxy groups -OCH3 is 2. The first-order valence-electron chi connectivity index (χ1n) is 7.74. The molecule has 2 rings (SSSR count). The molecule has 1 aromatic carbocycles. The summed E-state index contributed by atoms with van der Waals surface area (Å²) in [6.07, 6.45) is 4.65. The number of hydrogen-bond donors (Lipinski definition) is 0. The number of ether oxygens (including phenoxy) is 2. The van der Waals surface area contributed by atoms with Crippen LogP contribution in [0.5, 0.6) is 11.5 Å². The van der Waals surface area contributed by atoms with Gasteiger partial charge < -0.3 is 9.47 Å². The molecule has 20 heavy (non-hydrogen) atoms. The van der Waals surface area contributed by atoms with Gasteiger partial charge in [0.05, 0.1) is 14.2 Å². The Morgan fingerprint density at radius 3 is 2.20 bits per heavy atom. The van der Waals surface area contributed by atoms with Gasteiger partial charge in [-0.05, 0) is 50.9 Å². The molecule has 0 aromatic heterocycles. The van der Waals surface area contributed by atoms with Gasteiger partial charge in [0.1, 0.15) is 11.5 Å². The van der Waals surface area contributed by atoms with Crippen LogP contribution in [-0.2, 0) is 6.42 Å². The number of benzene rings is 1. The molecule has 1 unspecified atom stereocenters. The minimum absolute atomic E-state index is 0.481. The van der Waals surface area contributed by atoms with E-state index in [4.69, 9.17) is 9.47 Å². The summed E-state index contributed by atoms with van der Waals surface area (Å²) in [6, 6.07) is 4.56. The molecule has 0 saturated heterocycles. The maximum absolute atomic E-state index is 5.61. The average Bonchev–Trinajstić information content (AvgIpc) is 2.91. The van der Waals surface area contributed by atoms with Gasteiger partial charge in [0.2, 0.25) is 0 Å². The molecule has 1 aliphatic carbocycles. The van der Waals surface area contributed by atoms with E-state index < -0.39 is 0 Å². The molecule has 0 spiro atoms. The van der Waals surface area contributed by atoms with Crippen LogP contribution < -0.4 is 9.47 Å². The fourth-order valence-corrected chi connectivity index (χ4v) is 3.40. The molecule has 3 nitrogen and oxygen atoms in total. The van der Waals surface area contributed by atoms with Gasteiger partial charge >= 0.3 is 0 Å². The molecule has 1 aromatic rings. The van der Waals surface area contributed by atoms with Crippen molar-refractivity contribution in [2.45, 2.75) is 45.6 Å². The molecule has 112 valence electrons. The van der Waals surface area contributed by atoms with Crippen molar-refractivity contribution in [3.8, 4) is 11.5 Å². The molecular weight excluding hydrogens is 250 g/mol. The van der Waals surface area contributed by atoms with Crippen LogP contribution in [0.25, 0.3) is 0 Å². The summed E-state index contributed by atoms with van der Waals surface area (Å²) in [7, 11) is 3.52. The Hall–Kier alpha value is -1.22. The van der Waals surface area contributed by atoms with Crippen LogP contribution in [0, 0.1) is 0 Å². The number of fused-ring (bicyclic) bond motifs is 1. The van der Waals surface area contributed by atoms with Crippen molar-refractivity contribution in [3.05, 3.63) is 23.3 Å². The predicted molar refractivity (Wildman–Crippen MR) is 82.8 cm³/mol. The monoisotopic (exact) mass is 277 g/mol. The molecule has 0 radical (unpaired) electrons. The molecule has 1 atom stereocenters. The van der Waals surface area contributed by atoms with Crippen molar-refractivity contribution in [3.63, 3.8) is 0 Å². The summed E-state index contributed by atoms with van der Waals surface area (Å²) >= 11 is 0. The summed E-state index contributed by atoms with van der Waals surface area (Å²) in [5, 5.41) is 0. The largest absolute Gasteiger partial charge is 0.496 e. The summed E-state index contributed by atoms with van der Waals surface area (Å²) in [4.78, 5) is 2.60. The highest BCUT2D eigenvalue weighted by Crippen LogP contribution is 2.45. The Morgan fingerprint density at radius 2 is 1.65 bits per heavy atom. The lowest BCUT2D eigenvalue weighted by Crippen LogP contribution is -2.29.